The van der Waals surface area contributed by atoms with E-state index in [9.17, 15) is 14.9 Å². The first-order valence-corrected chi connectivity index (χ1v) is 6.94. The molecule has 0 radical (unpaired) electrons. The molecule has 1 fully saturated rings. The van der Waals surface area contributed by atoms with Crippen LogP contribution in [0.5, 0.6) is 0 Å². The third kappa shape index (κ3) is 3.69. The van der Waals surface area contributed by atoms with E-state index in [4.69, 9.17) is 0 Å². The van der Waals surface area contributed by atoms with Crippen molar-refractivity contribution >= 4 is 17.3 Å². The highest BCUT2D eigenvalue weighted by Crippen LogP contribution is 2.25. The first-order chi connectivity index (χ1) is 10.0. The third-order valence-electron chi connectivity index (χ3n) is 3.75. The van der Waals surface area contributed by atoms with Crippen LogP contribution in [-0.4, -0.2) is 53.9 Å². The van der Waals surface area contributed by atoms with E-state index in [1.807, 2.05) is 11.0 Å². The molecule has 1 saturated heterocycles. The fourth-order valence-corrected chi connectivity index (χ4v) is 2.52. The van der Waals surface area contributed by atoms with E-state index in [0.717, 1.165) is 38.3 Å². The lowest BCUT2D eigenvalue weighted by molar-refractivity contribution is -0.384. The van der Waals surface area contributed by atoms with Gasteiger partial charge < -0.3 is 10.2 Å². The minimum atomic E-state index is -0.388. The molecule has 1 amide bonds. The van der Waals surface area contributed by atoms with Crippen LogP contribution in [0.25, 0.3) is 0 Å². The van der Waals surface area contributed by atoms with Crippen LogP contribution < -0.4 is 5.32 Å². The Kier molecular flexibility index (Phi) is 4.74. The summed E-state index contributed by atoms with van der Waals surface area (Å²) in [5.74, 6) is 0.113. The van der Waals surface area contributed by atoms with Gasteiger partial charge in [0.05, 0.1) is 4.92 Å². The predicted octanol–water partition coefficient (Wildman–Crippen LogP) is 1.30. The average Bonchev–Trinajstić information content (AvgIpc) is 2.47. The lowest BCUT2D eigenvalue weighted by atomic mass is 10.1. The molecule has 114 valence electrons. The van der Waals surface area contributed by atoms with E-state index >= 15 is 0 Å². The van der Waals surface area contributed by atoms with Crippen LogP contribution in [0.2, 0.25) is 0 Å². The molecule has 0 aromatic heterocycles. The number of nitro benzene ring substituents is 1. The molecule has 2 rings (SSSR count). The minimum Gasteiger partial charge on any atom is -0.383 e. The summed E-state index contributed by atoms with van der Waals surface area (Å²) in [6.07, 6.45) is 0. The number of hydrogen-bond donors (Lipinski definition) is 1. The van der Waals surface area contributed by atoms with Gasteiger partial charge in [-0.05, 0) is 11.6 Å². The summed E-state index contributed by atoms with van der Waals surface area (Å²) in [5.41, 5.74) is 1.64. The van der Waals surface area contributed by atoms with Crippen LogP contribution in [0.1, 0.15) is 12.5 Å². The Morgan fingerprint density at radius 3 is 2.52 bits per heavy atom. The van der Waals surface area contributed by atoms with Gasteiger partial charge >= 0.3 is 0 Å². The Hall–Kier alpha value is -2.15. The standard InChI is InChI=1S/C14H20N4O3/c1-11(19)17-7-5-16(6-8-17)10-12-3-4-14(18(20)21)13(9-12)15-2/h3-4,9,15H,5-8,10H2,1-2H3. The van der Waals surface area contributed by atoms with E-state index in [2.05, 4.69) is 10.2 Å². The van der Waals surface area contributed by atoms with Crippen molar-refractivity contribution in [2.75, 3.05) is 38.5 Å². The number of amides is 1. The summed E-state index contributed by atoms with van der Waals surface area (Å²) < 4.78 is 0. The average molecular weight is 292 g/mol. The molecule has 0 atom stereocenters. The van der Waals surface area contributed by atoms with Crippen LogP contribution in [0.3, 0.4) is 0 Å². The SMILES string of the molecule is CNc1cc(CN2CCN(C(C)=O)CC2)ccc1[N+](=O)[O-]. The van der Waals surface area contributed by atoms with Crippen LogP contribution in [0, 0.1) is 10.1 Å². The molecule has 7 nitrogen and oxygen atoms in total. The topological polar surface area (TPSA) is 78.7 Å². The highest BCUT2D eigenvalue weighted by molar-refractivity contribution is 5.73. The van der Waals surface area contributed by atoms with Crippen molar-refractivity contribution in [3.63, 3.8) is 0 Å². The number of nitro groups is 1. The lowest BCUT2D eigenvalue weighted by Gasteiger charge is -2.34. The highest BCUT2D eigenvalue weighted by atomic mass is 16.6. The molecular weight excluding hydrogens is 272 g/mol. The van der Waals surface area contributed by atoms with Crippen LogP contribution in [0.4, 0.5) is 11.4 Å². The number of piperazine rings is 1. The largest absolute Gasteiger partial charge is 0.383 e. The smallest absolute Gasteiger partial charge is 0.292 e. The summed E-state index contributed by atoms with van der Waals surface area (Å²) in [6.45, 7) is 5.45. The Morgan fingerprint density at radius 2 is 2.00 bits per heavy atom. The third-order valence-corrected chi connectivity index (χ3v) is 3.75. The van der Waals surface area contributed by atoms with Gasteiger partial charge in [-0.1, -0.05) is 6.07 Å². The van der Waals surface area contributed by atoms with Gasteiger partial charge in [0, 0.05) is 52.8 Å². The summed E-state index contributed by atoms with van der Waals surface area (Å²) >= 11 is 0. The van der Waals surface area contributed by atoms with E-state index < -0.39 is 0 Å². The monoisotopic (exact) mass is 292 g/mol. The summed E-state index contributed by atoms with van der Waals surface area (Å²) in [5, 5.41) is 13.8. The molecule has 1 aliphatic heterocycles. The summed E-state index contributed by atoms with van der Waals surface area (Å²) in [4.78, 5) is 25.9. The zero-order chi connectivity index (χ0) is 15.4. The zero-order valence-corrected chi connectivity index (χ0v) is 12.3. The van der Waals surface area contributed by atoms with Gasteiger partial charge in [-0.3, -0.25) is 19.8 Å². The predicted molar refractivity (Wildman–Crippen MR) is 80.2 cm³/mol. The van der Waals surface area contributed by atoms with Crippen molar-refractivity contribution in [1.82, 2.24) is 9.80 Å². The van der Waals surface area contributed by atoms with E-state index in [-0.39, 0.29) is 16.5 Å². The van der Waals surface area contributed by atoms with Gasteiger partial charge in [0.25, 0.3) is 5.69 Å². The quantitative estimate of drug-likeness (QED) is 0.668. The maximum atomic E-state index is 11.3. The molecule has 0 aliphatic carbocycles. The molecule has 0 saturated carbocycles. The van der Waals surface area contributed by atoms with Gasteiger partial charge in [-0.15, -0.1) is 0 Å². The van der Waals surface area contributed by atoms with Crippen molar-refractivity contribution in [2.45, 2.75) is 13.5 Å². The van der Waals surface area contributed by atoms with E-state index in [1.165, 1.54) is 6.07 Å². The maximum Gasteiger partial charge on any atom is 0.292 e. The van der Waals surface area contributed by atoms with Gasteiger partial charge in [0.15, 0.2) is 0 Å². The molecule has 0 spiro atoms. The van der Waals surface area contributed by atoms with E-state index in [1.54, 1.807) is 20.0 Å². The maximum absolute atomic E-state index is 11.3. The van der Waals surface area contributed by atoms with Gasteiger partial charge in [-0.2, -0.15) is 0 Å². The molecule has 0 unspecified atom stereocenters. The van der Waals surface area contributed by atoms with Crippen molar-refractivity contribution in [3.8, 4) is 0 Å². The van der Waals surface area contributed by atoms with Crippen molar-refractivity contribution < 1.29 is 9.72 Å². The normalized spacial score (nSPS) is 15.8. The van der Waals surface area contributed by atoms with Gasteiger partial charge in [0.2, 0.25) is 5.91 Å². The first kappa shape index (κ1) is 15.2. The number of anilines is 1. The van der Waals surface area contributed by atoms with Crippen LogP contribution in [-0.2, 0) is 11.3 Å². The number of nitrogens with zero attached hydrogens (tertiary/aromatic N) is 3. The fraction of sp³-hybridized carbons (Fsp3) is 0.500. The molecule has 7 heteroatoms. The minimum absolute atomic E-state index is 0.0858. The number of nitrogens with one attached hydrogen (secondary N) is 1. The zero-order valence-electron chi connectivity index (χ0n) is 12.3. The summed E-state index contributed by atoms with van der Waals surface area (Å²) in [6, 6.07) is 5.14. The van der Waals surface area contributed by atoms with E-state index in [0.29, 0.717) is 5.69 Å². The van der Waals surface area contributed by atoms with Gasteiger partial charge in [0.1, 0.15) is 5.69 Å². The molecule has 1 N–H and O–H groups in total. The van der Waals surface area contributed by atoms with Gasteiger partial charge in [-0.25, -0.2) is 0 Å². The van der Waals surface area contributed by atoms with Crippen molar-refractivity contribution in [1.29, 1.82) is 0 Å². The lowest BCUT2D eigenvalue weighted by Crippen LogP contribution is -2.47. The van der Waals surface area contributed by atoms with Crippen LogP contribution in [0.15, 0.2) is 18.2 Å². The number of carbonyl (C=O) groups is 1. The Bertz CT molecular complexity index is 539. The molecule has 1 aromatic rings. The molecule has 21 heavy (non-hydrogen) atoms. The molecular formula is C14H20N4O3. The van der Waals surface area contributed by atoms with Crippen molar-refractivity contribution in [3.05, 3.63) is 33.9 Å². The first-order valence-electron chi connectivity index (χ1n) is 6.94. The number of carbonyl (C=O) groups excluding carboxylic acids is 1. The van der Waals surface area contributed by atoms with Crippen molar-refractivity contribution in [2.24, 2.45) is 0 Å². The number of hydrogen-bond acceptors (Lipinski definition) is 5. The molecule has 0 bridgehead atoms. The second kappa shape index (κ2) is 6.53. The summed E-state index contributed by atoms with van der Waals surface area (Å²) in [7, 11) is 1.68. The second-order valence-electron chi connectivity index (χ2n) is 5.14. The number of rotatable bonds is 4. The molecule has 1 heterocycles. The second-order valence-corrected chi connectivity index (χ2v) is 5.14. The Labute approximate surface area is 123 Å². The van der Waals surface area contributed by atoms with Crippen LogP contribution >= 0.6 is 0 Å². The number of benzene rings is 1. The Balaban J connectivity index is 2.01. The molecule has 1 aromatic carbocycles. The fourth-order valence-electron chi connectivity index (χ4n) is 2.52. The Morgan fingerprint density at radius 1 is 1.33 bits per heavy atom. The molecule has 1 aliphatic rings. The highest BCUT2D eigenvalue weighted by Gasteiger charge is 2.19.